The Hall–Kier alpha value is -5.85. The topological polar surface area (TPSA) is 150 Å². The van der Waals surface area contributed by atoms with Crippen LogP contribution in [0.5, 0.6) is 11.5 Å². The minimum absolute atomic E-state index is 0.0151. The third-order valence-corrected chi connectivity index (χ3v) is 7.76. The summed E-state index contributed by atoms with van der Waals surface area (Å²) in [6, 6.07) is 21.7. The highest BCUT2D eigenvalue weighted by Gasteiger charge is 2.30. The van der Waals surface area contributed by atoms with E-state index in [0.717, 1.165) is 43.0 Å². The first-order chi connectivity index (χ1) is 24.4. The minimum atomic E-state index is -4.50. The summed E-state index contributed by atoms with van der Waals surface area (Å²) in [7, 11) is 0. The SMILES string of the molecule is CCCN/C(N)=C(\C)CC.NC(=O)Cn1c(-c2cccc(Oc3cccc(C(F)(F)F)c3)c2)nc2cc(C(=O)NCCc3ccccn3)ccc21. The van der Waals surface area contributed by atoms with E-state index in [9.17, 15) is 22.8 Å². The van der Waals surface area contributed by atoms with Crippen LogP contribution in [0.2, 0.25) is 0 Å². The average Bonchev–Trinajstić information content (AvgIpc) is 3.47. The van der Waals surface area contributed by atoms with Gasteiger partial charge in [0.1, 0.15) is 23.9 Å². The van der Waals surface area contributed by atoms with Crippen molar-refractivity contribution in [1.82, 2.24) is 25.2 Å². The summed E-state index contributed by atoms with van der Waals surface area (Å²) in [4.78, 5) is 33.6. The molecule has 0 aliphatic carbocycles. The molecular weight excluding hydrogens is 659 g/mol. The Morgan fingerprint density at radius 1 is 0.882 bits per heavy atom. The second-order valence-electron chi connectivity index (χ2n) is 11.6. The van der Waals surface area contributed by atoms with Crippen molar-refractivity contribution in [2.45, 2.75) is 52.8 Å². The fourth-order valence-corrected chi connectivity index (χ4v) is 4.93. The number of allylic oxidation sites excluding steroid dienone is 1. The number of aromatic nitrogens is 3. The Morgan fingerprint density at radius 3 is 2.29 bits per heavy atom. The lowest BCUT2D eigenvalue weighted by atomic mass is 10.2. The summed E-state index contributed by atoms with van der Waals surface area (Å²) in [6.07, 6.45) is -0.0840. The van der Waals surface area contributed by atoms with Crippen LogP contribution in [0.3, 0.4) is 0 Å². The van der Waals surface area contributed by atoms with Crippen LogP contribution in [0, 0.1) is 0 Å². The molecule has 5 rings (SSSR count). The number of pyridine rings is 1. The van der Waals surface area contributed by atoms with Crippen LogP contribution in [0.4, 0.5) is 13.2 Å². The van der Waals surface area contributed by atoms with Crippen LogP contribution in [0.25, 0.3) is 22.4 Å². The molecule has 0 unspecified atom stereocenters. The number of amides is 2. The second-order valence-corrected chi connectivity index (χ2v) is 11.6. The number of fused-ring (bicyclic) bond motifs is 1. The van der Waals surface area contributed by atoms with Gasteiger partial charge in [0.15, 0.2) is 0 Å². The number of ether oxygens (including phenoxy) is 1. The first kappa shape index (κ1) is 38.0. The zero-order chi connectivity index (χ0) is 37.0. The number of benzene rings is 3. The summed E-state index contributed by atoms with van der Waals surface area (Å²) >= 11 is 0. The van der Waals surface area contributed by atoms with Crippen molar-refractivity contribution < 1.29 is 27.5 Å². The van der Waals surface area contributed by atoms with E-state index in [0.29, 0.717) is 41.0 Å². The van der Waals surface area contributed by atoms with Crippen LogP contribution in [0.15, 0.2) is 103 Å². The van der Waals surface area contributed by atoms with E-state index in [1.54, 1.807) is 53.2 Å². The van der Waals surface area contributed by atoms with Crippen molar-refractivity contribution in [2.24, 2.45) is 11.5 Å². The normalized spacial score (nSPS) is 11.6. The van der Waals surface area contributed by atoms with Gasteiger partial charge in [-0.1, -0.05) is 38.1 Å². The van der Waals surface area contributed by atoms with Gasteiger partial charge in [0, 0.05) is 42.5 Å². The lowest BCUT2D eigenvalue weighted by Gasteiger charge is -2.11. The monoisotopic (exact) mass is 701 g/mol. The maximum absolute atomic E-state index is 13.1. The summed E-state index contributed by atoms with van der Waals surface area (Å²) in [5.74, 6) is 0.628. The van der Waals surface area contributed by atoms with Crippen LogP contribution in [-0.2, 0) is 23.9 Å². The Kier molecular flexibility index (Phi) is 13.2. The molecule has 5 aromatic rings. The molecule has 0 saturated heterocycles. The molecule has 51 heavy (non-hydrogen) atoms. The number of primary amides is 1. The van der Waals surface area contributed by atoms with Crippen LogP contribution < -0.4 is 26.8 Å². The van der Waals surface area contributed by atoms with Gasteiger partial charge in [-0.25, -0.2) is 4.98 Å². The number of hydrogen-bond donors (Lipinski definition) is 4. The first-order valence-electron chi connectivity index (χ1n) is 16.5. The molecule has 2 amide bonds. The molecule has 2 aromatic heterocycles. The molecule has 3 aromatic carbocycles. The van der Waals surface area contributed by atoms with E-state index in [1.807, 2.05) is 18.2 Å². The number of carbonyl (C=O) groups is 2. The quantitative estimate of drug-likeness (QED) is 0.104. The average molecular weight is 702 g/mol. The highest BCUT2D eigenvalue weighted by atomic mass is 19.4. The number of carbonyl (C=O) groups excluding carboxylic acids is 2. The van der Waals surface area contributed by atoms with Gasteiger partial charge in [-0.2, -0.15) is 13.2 Å². The number of imidazole rings is 1. The third kappa shape index (κ3) is 10.8. The summed E-state index contributed by atoms with van der Waals surface area (Å²) in [6.45, 7) is 7.48. The Morgan fingerprint density at radius 2 is 1.63 bits per heavy atom. The molecule has 0 aliphatic heterocycles. The zero-order valence-electron chi connectivity index (χ0n) is 28.8. The van der Waals surface area contributed by atoms with Crippen LogP contribution in [0.1, 0.15) is 55.2 Å². The molecule has 0 radical (unpaired) electrons. The lowest BCUT2D eigenvalue weighted by Crippen LogP contribution is -2.25. The van der Waals surface area contributed by atoms with Gasteiger partial charge in [-0.3, -0.25) is 14.6 Å². The van der Waals surface area contributed by atoms with Gasteiger partial charge >= 0.3 is 6.18 Å². The van der Waals surface area contributed by atoms with Crippen LogP contribution in [-0.4, -0.2) is 39.4 Å². The summed E-state index contributed by atoms with van der Waals surface area (Å²) in [5.41, 5.74) is 14.4. The molecule has 10 nitrogen and oxygen atoms in total. The highest BCUT2D eigenvalue weighted by Crippen LogP contribution is 2.34. The highest BCUT2D eigenvalue weighted by molar-refractivity contribution is 5.98. The fraction of sp³-hybridized carbons (Fsp3) is 0.263. The van der Waals surface area contributed by atoms with Crippen molar-refractivity contribution in [3.63, 3.8) is 0 Å². The molecular formula is C38H42F3N7O3. The van der Waals surface area contributed by atoms with Crippen molar-refractivity contribution in [1.29, 1.82) is 0 Å². The van der Waals surface area contributed by atoms with Gasteiger partial charge in [-0.15, -0.1) is 0 Å². The first-order valence-corrected chi connectivity index (χ1v) is 16.5. The Balaban J connectivity index is 0.000000510. The van der Waals surface area contributed by atoms with E-state index in [2.05, 4.69) is 41.4 Å². The van der Waals surface area contributed by atoms with Crippen molar-refractivity contribution in [2.75, 3.05) is 13.1 Å². The van der Waals surface area contributed by atoms with Crippen LogP contribution >= 0.6 is 0 Å². The minimum Gasteiger partial charge on any atom is -0.457 e. The van der Waals surface area contributed by atoms with E-state index in [-0.39, 0.29) is 24.0 Å². The van der Waals surface area contributed by atoms with Gasteiger partial charge in [0.05, 0.1) is 22.4 Å². The molecule has 0 aliphatic rings. The van der Waals surface area contributed by atoms with Gasteiger partial charge in [-0.05, 0) is 86.0 Å². The summed E-state index contributed by atoms with van der Waals surface area (Å²) < 4.78 is 46.7. The predicted octanol–water partition coefficient (Wildman–Crippen LogP) is 6.95. The number of alkyl halides is 3. The standard InChI is InChI=1S/C30H24F3N5O3.C8H18N2/c31-30(32,33)21-6-4-9-24(17-21)41-23-8-3-5-19(15-23)28-37-25-16-20(10-11-26(25)38(28)18-27(34)39)29(40)36-14-12-22-7-1-2-13-35-22;1-4-6-10-8(9)7(3)5-2/h1-11,13,15-17H,12,14,18H2,(H2,34,39)(H,36,40);10H,4-6,9H2,1-3H3/b;8-7+. The molecule has 268 valence electrons. The molecule has 0 fully saturated rings. The van der Waals surface area contributed by atoms with Gasteiger partial charge in [0.2, 0.25) is 5.91 Å². The third-order valence-electron chi connectivity index (χ3n) is 7.76. The van der Waals surface area contributed by atoms with E-state index < -0.39 is 17.6 Å². The molecule has 2 heterocycles. The smallest absolute Gasteiger partial charge is 0.416 e. The largest absolute Gasteiger partial charge is 0.457 e. The molecule has 0 spiro atoms. The van der Waals surface area contributed by atoms with Crippen molar-refractivity contribution in [3.8, 4) is 22.9 Å². The molecule has 0 saturated carbocycles. The van der Waals surface area contributed by atoms with Crippen molar-refractivity contribution >= 4 is 22.8 Å². The van der Waals surface area contributed by atoms with Gasteiger partial charge < -0.3 is 31.4 Å². The summed E-state index contributed by atoms with van der Waals surface area (Å²) in [5, 5.41) is 6.01. The molecule has 0 atom stereocenters. The number of nitrogens with one attached hydrogen (secondary N) is 2. The number of nitrogens with two attached hydrogens (primary N) is 2. The Labute approximate surface area is 294 Å². The fourth-order valence-electron chi connectivity index (χ4n) is 4.93. The lowest BCUT2D eigenvalue weighted by molar-refractivity contribution is -0.137. The molecule has 6 N–H and O–H groups in total. The maximum Gasteiger partial charge on any atom is 0.416 e. The number of rotatable bonds is 13. The predicted molar refractivity (Wildman–Crippen MR) is 192 cm³/mol. The number of hydrogen-bond acceptors (Lipinski definition) is 7. The van der Waals surface area contributed by atoms with Gasteiger partial charge in [0.25, 0.3) is 5.91 Å². The number of nitrogens with zero attached hydrogens (tertiary/aromatic N) is 3. The van der Waals surface area contributed by atoms with E-state index in [1.165, 1.54) is 17.7 Å². The maximum atomic E-state index is 13.1. The van der Waals surface area contributed by atoms with E-state index in [4.69, 9.17) is 16.2 Å². The van der Waals surface area contributed by atoms with Crippen molar-refractivity contribution in [3.05, 3.63) is 119 Å². The number of halogens is 3. The molecule has 13 heteroatoms. The second kappa shape index (κ2) is 17.7. The Bertz CT molecular complexity index is 1970. The molecule has 0 bridgehead atoms. The zero-order valence-corrected chi connectivity index (χ0v) is 28.8. The van der Waals surface area contributed by atoms with E-state index >= 15 is 0 Å².